The maximum atomic E-state index is 10.7. The van der Waals surface area contributed by atoms with E-state index in [9.17, 15) is 4.79 Å². The zero-order valence-corrected chi connectivity index (χ0v) is 6.78. The Hall–Kier alpha value is -0.610. The monoisotopic (exact) mass is 162 g/mol. The fourth-order valence-corrected chi connectivity index (χ4v) is 0.496. The highest BCUT2D eigenvalue weighted by molar-refractivity contribution is 5.69. The van der Waals surface area contributed by atoms with Crippen molar-refractivity contribution < 1.29 is 19.7 Å². The van der Waals surface area contributed by atoms with Crippen LogP contribution in [0.25, 0.3) is 0 Å². The van der Waals surface area contributed by atoms with Crippen molar-refractivity contribution in [1.29, 1.82) is 0 Å². The molecule has 2 N–H and O–H groups in total. The Labute approximate surface area is 65.8 Å². The lowest BCUT2D eigenvalue weighted by Crippen LogP contribution is -2.28. The van der Waals surface area contributed by atoms with Crippen LogP contribution in [0.1, 0.15) is 26.7 Å². The fourth-order valence-electron chi connectivity index (χ4n) is 0.496. The highest BCUT2D eigenvalue weighted by Gasteiger charge is 2.14. The summed E-state index contributed by atoms with van der Waals surface area (Å²) in [7, 11) is 0. The van der Waals surface area contributed by atoms with Gasteiger partial charge < -0.3 is 14.9 Å². The maximum Gasteiger partial charge on any atom is 0.308 e. The van der Waals surface area contributed by atoms with Gasteiger partial charge in [0, 0.05) is 6.42 Å². The van der Waals surface area contributed by atoms with Gasteiger partial charge in [0.15, 0.2) is 0 Å². The third-order valence-electron chi connectivity index (χ3n) is 1.12. The van der Waals surface area contributed by atoms with Crippen LogP contribution in [0.3, 0.4) is 0 Å². The standard InChI is InChI=1S/C7H14O4/c1-3-4-6(9)11-7(10)5(2)8/h5,7-8,10H,3-4H2,1-2H3. The van der Waals surface area contributed by atoms with Gasteiger partial charge in [0.25, 0.3) is 0 Å². The van der Waals surface area contributed by atoms with Crippen LogP contribution >= 0.6 is 0 Å². The van der Waals surface area contributed by atoms with Gasteiger partial charge in [-0.2, -0.15) is 0 Å². The van der Waals surface area contributed by atoms with Gasteiger partial charge in [-0.05, 0) is 13.3 Å². The van der Waals surface area contributed by atoms with Gasteiger partial charge in [0.05, 0.1) is 0 Å². The largest absolute Gasteiger partial charge is 0.433 e. The molecule has 0 aromatic rings. The number of ether oxygens (including phenoxy) is 1. The molecule has 0 spiro atoms. The zero-order chi connectivity index (χ0) is 8.85. The molecule has 0 heterocycles. The molecule has 0 radical (unpaired) electrons. The third kappa shape index (κ3) is 4.75. The minimum atomic E-state index is -1.39. The third-order valence-corrected chi connectivity index (χ3v) is 1.12. The number of carbonyl (C=O) groups is 1. The maximum absolute atomic E-state index is 10.7. The molecular weight excluding hydrogens is 148 g/mol. The van der Waals surface area contributed by atoms with E-state index < -0.39 is 18.4 Å². The number of carbonyl (C=O) groups excluding carboxylic acids is 1. The molecule has 0 aromatic carbocycles. The van der Waals surface area contributed by atoms with Gasteiger partial charge in [0.2, 0.25) is 6.29 Å². The van der Waals surface area contributed by atoms with Crippen LogP contribution in [0.5, 0.6) is 0 Å². The summed E-state index contributed by atoms with van der Waals surface area (Å²) >= 11 is 0. The van der Waals surface area contributed by atoms with Crippen molar-refractivity contribution in [2.45, 2.75) is 39.1 Å². The molecular formula is C7H14O4. The molecule has 0 aromatic heterocycles. The van der Waals surface area contributed by atoms with E-state index in [1.807, 2.05) is 6.92 Å². The predicted molar refractivity (Wildman–Crippen MR) is 38.7 cm³/mol. The first-order chi connectivity index (χ1) is 5.07. The van der Waals surface area contributed by atoms with E-state index in [1.54, 1.807) is 0 Å². The van der Waals surface area contributed by atoms with E-state index in [0.29, 0.717) is 6.42 Å². The summed E-state index contributed by atoms with van der Waals surface area (Å²) in [5.74, 6) is -0.485. The van der Waals surface area contributed by atoms with Crippen LogP contribution in [0.4, 0.5) is 0 Å². The van der Waals surface area contributed by atoms with E-state index in [1.165, 1.54) is 6.92 Å². The Bertz CT molecular complexity index is 122. The van der Waals surface area contributed by atoms with Crippen molar-refractivity contribution in [3.63, 3.8) is 0 Å². The lowest BCUT2D eigenvalue weighted by atomic mass is 10.3. The average Bonchev–Trinajstić information content (AvgIpc) is 1.87. The van der Waals surface area contributed by atoms with Crippen molar-refractivity contribution in [3.05, 3.63) is 0 Å². The molecule has 66 valence electrons. The molecule has 0 bridgehead atoms. The molecule has 4 nitrogen and oxygen atoms in total. The molecule has 0 aliphatic rings. The van der Waals surface area contributed by atoms with E-state index >= 15 is 0 Å². The van der Waals surface area contributed by atoms with Crippen LogP contribution in [0.2, 0.25) is 0 Å². The molecule has 0 amide bonds. The number of hydrogen-bond acceptors (Lipinski definition) is 4. The minimum Gasteiger partial charge on any atom is -0.433 e. The van der Waals surface area contributed by atoms with Crippen LogP contribution in [0, 0.1) is 0 Å². The lowest BCUT2D eigenvalue weighted by Gasteiger charge is -2.13. The summed E-state index contributed by atoms with van der Waals surface area (Å²) < 4.78 is 4.42. The normalized spacial score (nSPS) is 15.6. The molecule has 0 fully saturated rings. The highest BCUT2D eigenvalue weighted by atomic mass is 16.6. The van der Waals surface area contributed by atoms with E-state index in [4.69, 9.17) is 10.2 Å². The van der Waals surface area contributed by atoms with Crippen LogP contribution in [-0.4, -0.2) is 28.6 Å². The molecule has 11 heavy (non-hydrogen) atoms. The molecule has 2 unspecified atom stereocenters. The summed E-state index contributed by atoms with van der Waals surface area (Å²) in [6, 6.07) is 0. The lowest BCUT2D eigenvalue weighted by molar-refractivity contribution is -0.184. The van der Waals surface area contributed by atoms with E-state index in [0.717, 1.165) is 0 Å². The van der Waals surface area contributed by atoms with Gasteiger partial charge in [-0.25, -0.2) is 0 Å². The summed E-state index contributed by atoms with van der Waals surface area (Å²) in [6.07, 6.45) is -1.49. The van der Waals surface area contributed by atoms with Gasteiger partial charge >= 0.3 is 5.97 Å². The quantitative estimate of drug-likeness (QED) is 0.452. The first-order valence-corrected chi connectivity index (χ1v) is 3.63. The number of hydrogen-bond donors (Lipinski definition) is 2. The van der Waals surface area contributed by atoms with Gasteiger partial charge in [-0.3, -0.25) is 4.79 Å². The van der Waals surface area contributed by atoms with Crippen LogP contribution in [0.15, 0.2) is 0 Å². The minimum absolute atomic E-state index is 0.268. The molecule has 0 saturated carbocycles. The molecule has 2 atom stereocenters. The summed E-state index contributed by atoms with van der Waals surface area (Å²) in [5, 5.41) is 17.5. The molecule has 0 saturated heterocycles. The Morgan fingerprint density at radius 2 is 2.09 bits per heavy atom. The summed E-state index contributed by atoms with van der Waals surface area (Å²) in [5.41, 5.74) is 0. The molecule has 0 aliphatic carbocycles. The van der Waals surface area contributed by atoms with Crippen molar-refractivity contribution in [3.8, 4) is 0 Å². The topological polar surface area (TPSA) is 66.8 Å². The molecule has 4 heteroatoms. The second-order valence-corrected chi connectivity index (χ2v) is 2.37. The SMILES string of the molecule is CCCC(=O)OC(O)C(C)O. The number of aliphatic hydroxyl groups excluding tert-OH is 2. The molecule has 0 aliphatic heterocycles. The second-order valence-electron chi connectivity index (χ2n) is 2.37. The Morgan fingerprint density at radius 3 is 2.45 bits per heavy atom. The first kappa shape index (κ1) is 10.4. The predicted octanol–water partition coefficient (Wildman–Crippen LogP) is 0.0289. The highest BCUT2D eigenvalue weighted by Crippen LogP contribution is 1.98. The molecule has 0 rings (SSSR count). The Morgan fingerprint density at radius 1 is 1.55 bits per heavy atom. The Balaban J connectivity index is 3.57. The number of rotatable bonds is 4. The fraction of sp³-hybridized carbons (Fsp3) is 0.857. The van der Waals surface area contributed by atoms with Gasteiger partial charge in [0.1, 0.15) is 6.10 Å². The van der Waals surface area contributed by atoms with Crippen molar-refractivity contribution in [2.75, 3.05) is 0 Å². The summed E-state index contributed by atoms with van der Waals surface area (Å²) in [4.78, 5) is 10.7. The van der Waals surface area contributed by atoms with E-state index in [-0.39, 0.29) is 6.42 Å². The smallest absolute Gasteiger partial charge is 0.308 e. The average molecular weight is 162 g/mol. The summed E-state index contributed by atoms with van der Waals surface area (Å²) in [6.45, 7) is 3.18. The van der Waals surface area contributed by atoms with Gasteiger partial charge in [-0.1, -0.05) is 6.92 Å². The van der Waals surface area contributed by atoms with Crippen LogP contribution in [-0.2, 0) is 9.53 Å². The van der Waals surface area contributed by atoms with Gasteiger partial charge in [-0.15, -0.1) is 0 Å². The van der Waals surface area contributed by atoms with Crippen molar-refractivity contribution >= 4 is 5.97 Å². The van der Waals surface area contributed by atoms with Crippen LogP contribution < -0.4 is 0 Å². The van der Waals surface area contributed by atoms with E-state index in [2.05, 4.69) is 4.74 Å². The number of esters is 1. The zero-order valence-electron chi connectivity index (χ0n) is 6.78. The van der Waals surface area contributed by atoms with Crippen molar-refractivity contribution in [2.24, 2.45) is 0 Å². The van der Waals surface area contributed by atoms with Crippen molar-refractivity contribution in [1.82, 2.24) is 0 Å². The number of aliphatic hydroxyl groups is 2. The Kier molecular flexibility index (Phi) is 4.81. The first-order valence-electron chi connectivity index (χ1n) is 3.63. The second kappa shape index (κ2) is 5.09.